The molecule has 0 saturated heterocycles. The van der Waals surface area contributed by atoms with Crippen LogP contribution in [0.3, 0.4) is 0 Å². The summed E-state index contributed by atoms with van der Waals surface area (Å²) in [6.07, 6.45) is 0. The van der Waals surface area contributed by atoms with E-state index in [1.807, 2.05) is 0 Å². The lowest BCUT2D eigenvalue weighted by atomic mass is 9.28. The van der Waals surface area contributed by atoms with Gasteiger partial charge in [0.25, 0.3) is 26.9 Å². The van der Waals surface area contributed by atoms with Gasteiger partial charge in [-0.1, -0.05) is 231 Å². The molecule has 0 atom stereocenters. The van der Waals surface area contributed by atoms with Gasteiger partial charge in [-0.05, 0) is 199 Å². The number of para-hydroxylation sites is 12. The predicted octanol–water partition coefficient (Wildman–Crippen LogP) is 17.8. The summed E-state index contributed by atoms with van der Waals surface area (Å²) in [7, 11) is 0. The van der Waals surface area contributed by atoms with Crippen molar-refractivity contribution < 1.29 is 9.47 Å². The van der Waals surface area contributed by atoms with Gasteiger partial charge in [0.1, 0.15) is 23.0 Å². The smallest absolute Gasteiger partial charge is 0.256 e. The maximum absolute atomic E-state index is 7.92. The number of rotatable bonds is 10. The van der Waals surface area contributed by atoms with Gasteiger partial charge in [0.15, 0.2) is 0 Å². The highest BCUT2D eigenvalue weighted by atomic mass is 16.5. The van der Waals surface area contributed by atoms with Gasteiger partial charge in [-0.2, -0.15) is 0 Å². The van der Waals surface area contributed by atoms with E-state index in [0.29, 0.717) is 0 Å². The Balaban J connectivity index is 0.710. The van der Waals surface area contributed by atoms with Crippen molar-refractivity contribution in [3.05, 3.63) is 382 Å². The van der Waals surface area contributed by atoms with Crippen molar-refractivity contribution in [2.75, 3.05) is 29.4 Å². The van der Waals surface area contributed by atoms with Crippen LogP contribution in [0.4, 0.5) is 102 Å². The second kappa shape index (κ2) is 23.9. The van der Waals surface area contributed by atoms with Crippen molar-refractivity contribution >= 4 is 217 Å². The molecule has 530 valence electrons. The summed E-state index contributed by atoms with van der Waals surface area (Å²) < 4.78 is 18.5. The Hall–Kier alpha value is -14.8. The molecule has 13 heteroatoms. The van der Waals surface area contributed by atoms with E-state index in [4.69, 9.17) is 9.47 Å². The summed E-state index contributed by atoms with van der Waals surface area (Å²) in [5, 5.41) is 2.48. The first-order valence-electron chi connectivity index (χ1n) is 39.9. The molecule has 0 bridgehead atoms. The van der Waals surface area contributed by atoms with Crippen molar-refractivity contribution in [3.8, 4) is 28.7 Å². The summed E-state index contributed by atoms with van der Waals surface area (Å²) >= 11 is 0. The maximum atomic E-state index is 7.92. The average molecular weight is 1460 g/mol. The lowest BCUT2D eigenvalue weighted by Gasteiger charge is -2.46. The van der Waals surface area contributed by atoms with E-state index in [2.05, 4.69) is 416 Å². The van der Waals surface area contributed by atoms with Crippen LogP contribution >= 0.6 is 0 Å². The zero-order valence-electron chi connectivity index (χ0n) is 62.1. The monoisotopic (exact) mass is 1460 g/mol. The van der Waals surface area contributed by atoms with E-state index < -0.39 is 0 Å². The number of benzene rings is 17. The van der Waals surface area contributed by atoms with Gasteiger partial charge >= 0.3 is 0 Å². The van der Waals surface area contributed by atoms with E-state index in [1.165, 1.54) is 76.4 Å². The molecule has 0 unspecified atom stereocenters. The molecular weight excluding hydrogens is 1400 g/mol. The van der Waals surface area contributed by atoms with Crippen molar-refractivity contribution in [2.24, 2.45) is 0 Å². The van der Waals surface area contributed by atoms with Gasteiger partial charge < -0.3 is 43.4 Å². The van der Waals surface area contributed by atoms with Crippen LogP contribution < -0.4 is 104 Å². The first-order chi connectivity index (χ1) is 57.1. The summed E-state index contributed by atoms with van der Waals surface area (Å²) in [5.74, 6) is 3.24. The predicted molar refractivity (Wildman–Crippen MR) is 481 cm³/mol. The van der Waals surface area contributed by atoms with Crippen molar-refractivity contribution in [3.63, 3.8) is 0 Å². The quantitative estimate of drug-likeness (QED) is 0.126. The van der Waals surface area contributed by atoms with Crippen LogP contribution in [0.15, 0.2) is 382 Å². The normalized spacial score (nSPS) is 13.7. The molecule has 8 aliphatic rings. The molecule has 18 aromatic rings. The minimum absolute atomic E-state index is 0.187. The molecule has 26 rings (SSSR count). The minimum atomic E-state index is -0.222. The number of fused-ring (bicyclic) bond motifs is 15. The van der Waals surface area contributed by atoms with Crippen LogP contribution in [0.1, 0.15) is 0 Å². The molecule has 0 spiro atoms. The number of anilines is 18. The van der Waals surface area contributed by atoms with Crippen LogP contribution in [-0.2, 0) is 0 Å². The summed E-state index contributed by atoms with van der Waals surface area (Å²) in [6, 6.07) is 141. The van der Waals surface area contributed by atoms with Crippen LogP contribution in [0.25, 0.3) is 27.5 Å². The Morgan fingerprint density at radius 3 is 0.843 bits per heavy atom. The molecule has 0 aliphatic carbocycles. The summed E-state index contributed by atoms with van der Waals surface area (Å²) in [5.41, 5.74) is 37.7. The molecule has 1 aromatic heterocycles. The third-order valence-corrected chi connectivity index (χ3v) is 25.5. The van der Waals surface area contributed by atoms with E-state index in [0.717, 1.165) is 142 Å². The molecule has 115 heavy (non-hydrogen) atoms. The minimum Gasteiger partial charge on any atom is -0.458 e. The van der Waals surface area contributed by atoms with Gasteiger partial charge in [-0.25, -0.2) is 0 Å². The van der Waals surface area contributed by atoms with Crippen LogP contribution in [0.2, 0.25) is 0 Å². The van der Waals surface area contributed by atoms with Gasteiger partial charge in [-0.15, -0.1) is 0 Å². The zero-order valence-corrected chi connectivity index (χ0v) is 62.1. The molecule has 0 radical (unpaired) electrons. The second-order valence-electron chi connectivity index (χ2n) is 31.3. The van der Waals surface area contributed by atoms with Crippen LogP contribution in [-0.4, -0.2) is 31.4 Å². The maximum Gasteiger partial charge on any atom is 0.256 e. The van der Waals surface area contributed by atoms with Gasteiger partial charge in [0.05, 0.1) is 11.4 Å². The van der Waals surface area contributed by atoms with Crippen LogP contribution in [0.5, 0.6) is 23.0 Å². The van der Waals surface area contributed by atoms with E-state index in [-0.39, 0.29) is 26.9 Å². The number of hydrogen-bond acceptors (Lipinski definition) is 8. The fourth-order valence-corrected chi connectivity index (χ4v) is 21.1. The number of nitrogens with zero attached hydrogens (tertiary/aromatic N) is 7. The number of aromatic nitrogens is 1. The molecular formula is C102H63B4N7O2. The molecule has 0 N–H and O–H groups in total. The Morgan fingerprint density at radius 1 is 0.200 bits per heavy atom. The SMILES string of the molecule is c1ccc(N(c2ccccc2)c2cc3c4c(c2)N(c2ccccc2)c2cc5c(cc2B4c2ccccc2N3c2ccccc2)B2c3c(cc4c6c3-n3c7c2cccc7c2cccc(c23)B6c2cc3c(cc2O4)N(c2ccccc2)c2cc(N(c4ccccc4)c4ccccc4)cc4c2B3c2ccccc2N4c2ccccc2)O5)cc1. The zero-order chi connectivity index (χ0) is 74.8. The van der Waals surface area contributed by atoms with Crippen molar-refractivity contribution in [1.82, 2.24) is 4.57 Å². The third kappa shape index (κ3) is 8.75. The second-order valence-corrected chi connectivity index (χ2v) is 31.3. The van der Waals surface area contributed by atoms with Gasteiger partial charge in [-0.3, -0.25) is 0 Å². The Kier molecular flexibility index (Phi) is 13.1. The topological polar surface area (TPSA) is 42.8 Å². The van der Waals surface area contributed by atoms with Crippen molar-refractivity contribution in [2.45, 2.75) is 0 Å². The Labute approximate surface area is 666 Å². The largest absolute Gasteiger partial charge is 0.458 e. The molecule has 9 heterocycles. The molecule has 0 fully saturated rings. The lowest BCUT2D eigenvalue weighted by Crippen LogP contribution is -2.67. The number of hydrogen-bond donors (Lipinski definition) is 0. The highest BCUT2D eigenvalue weighted by molar-refractivity contribution is 7.06. The summed E-state index contributed by atoms with van der Waals surface area (Å²) in [6.45, 7) is -0.817. The fraction of sp³-hybridized carbons (Fsp3) is 0. The Morgan fingerprint density at radius 2 is 0.496 bits per heavy atom. The van der Waals surface area contributed by atoms with Gasteiger partial charge in [0.2, 0.25) is 0 Å². The molecule has 17 aromatic carbocycles. The first kappa shape index (κ1) is 62.9. The van der Waals surface area contributed by atoms with E-state index in [1.54, 1.807) is 0 Å². The standard InChI is InChI=1S/C102H63B4N7O2/c1-9-31-64(32-10-1)107(65-33-11-2-12-34-65)72-55-88-96-90(57-72)111(70-43-21-7-22-44-70)86-61-92-82(59-80(86)103(96)76-49-25-27-53-84(76)109(88)68-39-17-5-18-40-68)105-78-51-29-47-74-75-48-30-52-79-101(75)113(100(74)78)102-98(105)94(114-92)63-95-99(102)106(79)83-60-81-87(62-93(83)115-95)112(71-45-23-8-24-46-71)91-58-73(108(66-35-13-3-14-36-66)67-37-15-4-16-38-67)56-89-97(91)104(81)77-50-26-28-54-85(77)110(89)69-41-19-6-20-42-69/h1-63H. The van der Waals surface area contributed by atoms with Crippen LogP contribution in [0, 0.1) is 0 Å². The van der Waals surface area contributed by atoms with Crippen molar-refractivity contribution in [1.29, 1.82) is 0 Å². The lowest BCUT2D eigenvalue weighted by molar-refractivity contribution is 0.465. The average Bonchev–Trinajstić information content (AvgIpc) is 1.65. The third-order valence-electron chi connectivity index (χ3n) is 25.5. The number of ether oxygens (including phenoxy) is 2. The summed E-state index contributed by atoms with van der Waals surface area (Å²) in [4.78, 5) is 14.9. The first-order valence-corrected chi connectivity index (χ1v) is 39.9. The van der Waals surface area contributed by atoms with E-state index in [9.17, 15) is 0 Å². The van der Waals surface area contributed by atoms with Gasteiger partial charge in [0, 0.05) is 137 Å². The highest BCUT2D eigenvalue weighted by Gasteiger charge is 2.53. The molecule has 0 saturated carbocycles. The highest BCUT2D eigenvalue weighted by Crippen LogP contribution is 2.53. The Bertz CT molecular complexity index is 6670. The van der Waals surface area contributed by atoms with E-state index >= 15 is 0 Å². The molecule has 8 aliphatic heterocycles. The molecule has 9 nitrogen and oxygen atoms in total. The fourth-order valence-electron chi connectivity index (χ4n) is 21.1. The molecule has 0 amide bonds.